The summed E-state index contributed by atoms with van der Waals surface area (Å²) in [5, 5.41) is 7.94. The van der Waals surface area contributed by atoms with Gasteiger partial charge in [-0.2, -0.15) is 9.61 Å². The monoisotopic (exact) mass is 470 g/mol. The molecule has 1 amide bonds. The van der Waals surface area contributed by atoms with E-state index in [2.05, 4.69) is 44.3 Å². The maximum absolute atomic E-state index is 12.6. The molecule has 3 aromatic rings. The van der Waals surface area contributed by atoms with Gasteiger partial charge in [0.15, 0.2) is 5.65 Å². The van der Waals surface area contributed by atoms with Crippen LogP contribution in [0.4, 0.5) is 5.82 Å². The third-order valence-electron chi connectivity index (χ3n) is 5.58. The minimum atomic E-state index is 0.232. The highest BCUT2D eigenvalue weighted by molar-refractivity contribution is 9.10. The normalized spacial score (nSPS) is 16.7. The second kappa shape index (κ2) is 9.55. The van der Waals surface area contributed by atoms with Crippen molar-refractivity contribution in [2.24, 2.45) is 0 Å². The summed E-state index contributed by atoms with van der Waals surface area (Å²) in [6.45, 7) is 4.36. The van der Waals surface area contributed by atoms with E-state index >= 15 is 0 Å². The molecule has 1 unspecified atom stereocenters. The average Bonchev–Trinajstić information content (AvgIpc) is 3.17. The van der Waals surface area contributed by atoms with E-state index in [1.165, 1.54) is 0 Å². The van der Waals surface area contributed by atoms with Crippen molar-refractivity contribution < 1.29 is 4.79 Å². The quantitative estimate of drug-likeness (QED) is 0.553. The Labute approximate surface area is 185 Å². The van der Waals surface area contributed by atoms with E-state index in [1.807, 2.05) is 27.7 Å². The number of likely N-dealkylation sites (tertiary alicyclic amines) is 1. The maximum atomic E-state index is 12.6. The Kier molecular flexibility index (Phi) is 6.62. The van der Waals surface area contributed by atoms with E-state index in [0.717, 1.165) is 66.0 Å². The predicted octanol–water partition coefficient (Wildman–Crippen LogP) is 4.40. The highest BCUT2D eigenvalue weighted by Gasteiger charge is 2.26. The summed E-state index contributed by atoms with van der Waals surface area (Å²) in [4.78, 5) is 23.6. The fourth-order valence-corrected chi connectivity index (χ4v) is 4.26. The molecule has 1 aliphatic heterocycles. The number of fused-ring (bicyclic) bond motifs is 1. The van der Waals surface area contributed by atoms with E-state index < -0.39 is 0 Å². The number of unbranched alkanes of at least 4 members (excludes halogenated alkanes) is 1. The van der Waals surface area contributed by atoms with Crippen molar-refractivity contribution in [3.05, 3.63) is 52.5 Å². The van der Waals surface area contributed by atoms with Gasteiger partial charge in [0.1, 0.15) is 5.82 Å². The number of halogens is 1. The van der Waals surface area contributed by atoms with Gasteiger partial charge in [-0.1, -0.05) is 19.4 Å². The number of anilines is 1. The van der Waals surface area contributed by atoms with Crippen LogP contribution in [0.25, 0.3) is 5.65 Å². The van der Waals surface area contributed by atoms with Gasteiger partial charge >= 0.3 is 0 Å². The van der Waals surface area contributed by atoms with Crippen LogP contribution in [-0.4, -0.2) is 43.5 Å². The molecular formula is C22H27BrN6O. The standard InChI is InChI=1S/C22H27BrN6O/c1-2-3-8-21(30)28-10-5-7-17(15-28)19-11-20(25-13-16-6-4-9-24-12-16)29-22(27-19)18(23)14-26-29/h4,6,9,11-12,14,17,25H,2-3,5,7-8,10,13,15H2,1H3. The van der Waals surface area contributed by atoms with Crippen LogP contribution in [-0.2, 0) is 11.3 Å². The lowest BCUT2D eigenvalue weighted by atomic mass is 9.94. The average molecular weight is 471 g/mol. The van der Waals surface area contributed by atoms with Crippen LogP contribution in [0.1, 0.15) is 56.2 Å². The zero-order chi connectivity index (χ0) is 20.9. The number of pyridine rings is 1. The Morgan fingerprint density at radius 3 is 3.07 bits per heavy atom. The zero-order valence-corrected chi connectivity index (χ0v) is 18.8. The largest absolute Gasteiger partial charge is 0.366 e. The molecule has 4 heterocycles. The summed E-state index contributed by atoms with van der Waals surface area (Å²) in [5.41, 5.74) is 2.89. The summed E-state index contributed by atoms with van der Waals surface area (Å²) >= 11 is 3.57. The zero-order valence-electron chi connectivity index (χ0n) is 17.2. The Bertz CT molecular complexity index is 1010. The number of nitrogens with one attached hydrogen (secondary N) is 1. The van der Waals surface area contributed by atoms with Crippen LogP contribution < -0.4 is 5.32 Å². The molecule has 1 saturated heterocycles. The Balaban J connectivity index is 1.57. The third-order valence-corrected chi connectivity index (χ3v) is 6.14. The fourth-order valence-electron chi connectivity index (χ4n) is 3.92. The molecule has 0 spiro atoms. The number of rotatable bonds is 7. The van der Waals surface area contributed by atoms with E-state index in [9.17, 15) is 4.79 Å². The van der Waals surface area contributed by atoms with Gasteiger partial charge in [-0.25, -0.2) is 4.98 Å². The minimum absolute atomic E-state index is 0.232. The molecule has 0 aromatic carbocycles. The van der Waals surface area contributed by atoms with Crippen molar-refractivity contribution in [2.45, 2.75) is 51.5 Å². The summed E-state index contributed by atoms with van der Waals surface area (Å²) < 4.78 is 2.68. The van der Waals surface area contributed by atoms with Crippen molar-refractivity contribution in [1.82, 2.24) is 24.5 Å². The SMILES string of the molecule is CCCCC(=O)N1CCCC(c2cc(NCc3cccnc3)n3ncc(Br)c3n2)C1. The van der Waals surface area contributed by atoms with Crippen LogP contribution in [0.5, 0.6) is 0 Å². The number of piperidine rings is 1. The van der Waals surface area contributed by atoms with Crippen LogP contribution >= 0.6 is 15.9 Å². The van der Waals surface area contributed by atoms with Gasteiger partial charge in [-0.3, -0.25) is 9.78 Å². The van der Waals surface area contributed by atoms with Gasteiger partial charge in [0, 0.05) is 50.4 Å². The minimum Gasteiger partial charge on any atom is -0.366 e. The highest BCUT2D eigenvalue weighted by atomic mass is 79.9. The molecule has 158 valence electrons. The molecule has 4 rings (SSSR count). The lowest BCUT2D eigenvalue weighted by Crippen LogP contribution is -2.39. The molecule has 7 nitrogen and oxygen atoms in total. The second-order valence-electron chi connectivity index (χ2n) is 7.79. The van der Waals surface area contributed by atoms with Crippen LogP contribution in [0.2, 0.25) is 0 Å². The Morgan fingerprint density at radius 2 is 2.27 bits per heavy atom. The molecule has 30 heavy (non-hydrogen) atoms. The van der Waals surface area contributed by atoms with Crippen molar-refractivity contribution in [3.8, 4) is 0 Å². The van der Waals surface area contributed by atoms with E-state index in [1.54, 1.807) is 12.4 Å². The number of hydrogen-bond acceptors (Lipinski definition) is 5. The second-order valence-corrected chi connectivity index (χ2v) is 8.65. The summed E-state index contributed by atoms with van der Waals surface area (Å²) in [6, 6.07) is 6.05. The van der Waals surface area contributed by atoms with Gasteiger partial charge in [0.2, 0.25) is 5.91 Å². The first kappa shape index (κ1) is 20.8. The van der Waals surface area contributed by atoms with Gasteiger partial charge in [0.25, 0.3) is 0 Å². The highest BCUT2D eigenvalue weighted by Crippen LogP contribution is 2.30. The first-order chi connectivity index (χ1) is 14.7. The fraction of sp³-hybridized carbons (Fsp3) is 0.455. The number of amides is 1. The molecule has 0 bridgehead atoms. The summed E-state index contributed by atoms with van der Waals surface area (Å²) in [5.74, 6) is 1.39. The number of aromatic nitrogens is 4. The van der Waals surface area contributed by atoms with Gasteiger partial charge in [0.05, 0.1) is 16.4 Å². The topological polar surface area (TPSA) is 75.4 Å². The molecule has 8 heteroatoms. The Morgan fingerprint density at radius 1 is 1.37 bits per heavy atom. The van der Waals surface area contributed by atoms with Crippen LogP contribution in [0, 0.1) is 0 Å². The lowest BCUT2D eigenvalue weighted by Gasteiger charge is -2.33. The maximum Gasteiger partial charge on any atom is 0.222 e. The van der Waals surface area contributed by atoms with Crippen molar-refractivity contribution >= 4 is 33.3 Å². The lowest BCUT2D eigenvalue weighted by molar-refractivity contribution is -0.132. The van der Waals surface area contributed by atoms with Gasteiger partial charge < -0.3 is 10.2 Å². The predicted molar refractivity (Wildman–Crippen MR) is 120 cm³/mol. The van der Waals surface area contributed by atoms with Crippen LogP contribution in [0.3, 0.4) is 0 Å². The molecule has 1 aliphatic rings. The van der Waals surface area contributed by atoms with Crippen molar-refractivity contribution in [2.75, 3.05) is 18.4 Å². The van der Waals surface area contributed by atoms with Crippen molar-refractivity contribution in [1.29, 1.82) is 0 Å². The first-order valence-corrected chi connectivity index (χ1v) is 11.4. The van der Waals surface area contributed by atoms with Gasteiger partial charge in [-0.05, 0) is 46.8 Å². The number of nitrogens with zero attached hydrogens (tertiary/aromatic N) is 5. The number of hydrogen-bond donors (Lipinski definition) is 1. The molecule has 1 fully saturated rings. The molecule has 0 radical (unpaired) electrons. The molecule has 0 aliphatic carbocycles. The third kappa shape index (κ3) is 4.64. The Hall–Kier alpha value is -2.48. The van der Waals surface area contributed by atoms with E-state index in [0.29, 0.717) is 13.0 Å². The molecule has 0 saturated carbocycles. The number of carbonyl (C=O) groups excluding carboxylic acids is 1. The molecule has 1 N–H and O–H groups in total. The molecule has 1 atom stereocenters. The van der Waals surface area contributed by atoms with E-state index in [4.69, 9.17) is 4.98 Å². The molecular weight excluding hydrogens is 444 g/mol. The smallest absolute Gasteiger partial charge is 0.222 e. The van der Waals surface area contributed by atoms with Gasteiger partial charge in [-0.15, -0.1) is 0 Å². The molecule has 3 aromatic heterocycles. The summed E-state index contributed by atoms with van der Waals surface area (Å²) in [6.07, 6.45) is 10.1. The van der Waals surface area contributed by atoms with Crippen molar-refractivity contribution in [3.63, 3.8) is 0 Å². The summed E-state index contributed by atoms with van der Waals surface area (Å²) in [7, 11) is 0. The first-order valence-electron chi connectivity index (χ1n) is 10.6. The number of carbonyl (C=O) groups is 1. The van der Waals surface area contributed by atoms with E-state index in [-0.39, 0.29) is 11.8 Å². The van der Waals surface area contributed by atoms with Crippen LogP contribution in [0.15, 0.2) is 41.3 Å².